The molecule has 0 bridgehead atoms. The molecule has 0 amide bonds. The molecule has 0 spiro atoms. The molecule has 242 valence electrons. The summed E-state index contributed by atoms with van der Waals surface area (Å²) in [5.74, 6) is 0.283. The maximum absolute atomic E-state index is 11.9. The number of aromatic hydroxyl groups is 1. The van der Waals surface area contributed by atoms with Gasteiger partial charge in [-0.15, -0.1) is 0 Å². The Bertz CT molecular complexity index is 2480. The van der Waals surface area contributed by atoms with E-state index in [2.05, 4.69) is 166 Å². The van der Waals surface area contributed by atoms with Crippen molar-refractivity contribution in [3.05, 3.63) is 145 Å². The van der Waals surface area contributed by atoms with Gasteiger partial charge in [-0.05, 0) is 75.5 Å². The molecule has 3 heterocycles. The fourth-order valence-electron chi connectivity index (χ4n) is 6.99. The molecule has 0 atom stereocenters. The Morgan fingerprint density at radius 3 is 2.18 bits per heavy atom. The van der Waals surface area contributed by atoms with Gasteiger partial charge in [0.15, 0.2) is 0 Å². The molecule has 0 aliphatic carbocycles. The van der Waals surface area contributed by atoms with Gasteiger partial charge in [-0.2, -0.15) is 0 Å². The summed E-state index contributed by atoms with van der Waals surface area (Å²) in [6, 6.07) is 42.4. The lowest BCUT2D eigenvalue weighted by atomic mass is 9.79. The Labute approximate surface area is 287 Å². The summed E-state index contributed by atoms with van der Waals surface area (Å²) in [5.41, 5.74) is 10.7. The number of fused-ring (bicyclic) bond motifs is 4. The summed E-state index contributed by atoms with van der Waals surface area (Å²) in [6.45, 7) is 13.1. The van der Waals surface area contributed by atoms with Gasteiger partial charge in [-0.3, -0.25) is 13.7 Å². The highest BCUT2D eigenvalue weighted by molar-refractivity contribution is 6.07. The van der Waals surface area contributed by atoms with Gasteiger partial charge in [0.05, 0.1) is 22.2 Å². The van der Waals surface area contributed by atoms with Crippen LogP contribution in [0.1, 0.15) is 52.7 Å². The predicted molar refractivity (Wildman–Crippen MR) is 200 cm³/mol. The standard InChI is InChI=1S/C44H40N4O/c1-43(2,3)30-26-35(44(4,5)6)41(49)40(27-30)47-28-46(38-22-11-12-23-39(38)47)36-20-9-7-17-32(36)29-15-13-16-31(25-29)48-37-21-10-8-18-33(37)34-19-14-24-45-42(34)48/h7-27,49H,1-6H3. The van der Waals surface area contributed by atoms with E-state index in [1.54, 1.807) is 0 Å². The third-order valence-corrected chi connectivity index (χ3v) is 9.56. The molecule has 5 heteroatoms. The largest absolute Gasteiger partial charge is 0.511 e. The van der Waals surface area contributed by atoms with Crippen LogP contribution < -0.4 is 4.57 Å². The van der Waals surface area contributed by atoms with Gasteiger partial charge in [0.1, 0.15) is 17.1 Å². The zero-order valence-electron chi connectivity index (χ0n) is 28.9. The number of phenols is 1. The summed E-state index contributed by atoms with van der Waals surface area (Å²) >= 11 is 0. The van der Waals surface area contributed by atoms with E-state index in [1.165, 1.54) is 10.9 Å². The fraction of sp³-hybridized carbons (Fsp3) is 0.182. The molecule has 0 saturated carbocycles. The first kappa shape index (κ1) is 30.6. The van der Waals surface area contributed by atoms with Crippen LogP contribution in [-0.2, 0) is 10.8 Å². The van der Waals surface area contributed by atoms with Gasteiger partial charge in [0.25, 0.3) is 6.33 Å². The second-order valence-corrected chi connectivity index (χ2v) is 14.9. The van der Waals surface area contributed by atoms with Crippen molar-refractivity contribution in [2.75, 3.05) is 0 Å². The first-order chi connectivity index (χ1) is 23.5. The number of rotatable bonds is 4. The molecular formula is C44H40N4O. The zero-order chi connectivity index (χ0) is 34.1. The van der Waals surface area contributed by atoms with Crippen LogP contribution in [0.5, 0.6) is 5.75 Å². The number of aromatic nitrogens is 4. The van der Waals surface area contributed by atoms with Crippen molar-refractivity contribution in [2.24, 2.45) is 0 Å². The Hall–Kier alpha value is -5.68. The van der Waals surface area contributed by atoms with Crippen LogP contribution in [0.15, 0.2) is 128 Å². The van der Waals surface area contributed by atoms with Crippen LogP contribution in [0.2, 0.25) is 0 Å². The molecule has 49 heavy (non-hydrogen) atoms. The van der Waals surface area contributed by atoms with E-state index in [-0.39, 0.29) is 16.6 Å². The molecule has 5 nitrogen and oxygen atoms in total. The van der Waals surface area contributed by atoms with Gasteiger partial charge in [-0.1, -0.05) is 120 Å². The molecule has 0 saturated heterocycles. The summed E-state index contributed by atoms with van der Waals surface area (Å²) in [4.78, 5) is 4.81. The average Bonchev–Trinajstić information content (AvgIpc) is 3.64. The van der Waals surface area contributed by atoms with Crippen LogP contribution in [-0.4, -0.2) is 19.2 Å². The minimum absolute atomic E-state index is 0.106. The van der Waals surface area contributed by atoms with Crippen molar-refractivity contribution >= 4 is 33.0 Å². The molecule has 0 fully saturated rings. The van der Waals surface area contributed by atoms with Crippen molar-refractivity contribution in [2.45, 2.75) is 52.4 Å². The summed E-state index contributed by atoms with van der Waals surface area (Å²) in [5, 5.41) is 14.2. The average molecular weight is 641 g/mol. The predicted octanol–water partition coefficient (Wildman–Crippen LogP) is 10.2. The SMILES string of the molecule is CC(C)(C)c1cc(-n2[c-][n+](-c3ccccc3-c3cccc(-n4c5ccccc5c5cccnc54)c3)c3ccccc32)c(O)c(C(C)(C)C)c1. The summed E-state index contributed by atoms with van der Waals surface area (Å²) in [6.07, 6.45) is 5.54. The molecule has 0 aliphatic heterocycles. The fourth-order valence-corrected chi connectivity index (χ4v) is 6.99. The van der Waals surface area contributed by atoms with E-state index in [1.807, 2.05) is 22.9 Å². The number of hydrogen-bond acceptors (Lipinski definition) is 2. The van der Waals surface area contributed by atoms with Crippen LogP contribution in [0, 0.1) is 6.33 Å². The molecule has 8 aromatic rings. The minimum atomic E-state index is -0.247. The Morgan fingerprint density at radius 2 is 1.39 bits per heavy atom. The van der Waals surface area contributed by atoms with E-state index in [0.717, 1.165) is 61.3 Å². The molecule has 0 aliphatic rings. The van der Waals surface area contributed by atoms with E-state index in [4.69, 9.17) is 4.98 Å². The van der Waals surface area contributed by atoms with E-state index < -0.39 is 0 Å². The quantitative estimate of drug-likeness (QED) is 0.154. The second-order valence-electron chi connectivity index (χ2n) is 14.9. The molecule has 1 N–H and O–H groups in total. The van der Waals surface area contributed by atoms with Crippen molar-refractivity contribution in [3.8, 4) is 33.9 Å². The summed E-state index contributed by atoms with van der Waals surface area (Å²) < 4.78 is 6.39. The van der Waals surface area contributed by atoms with E-state index >= 15 is 0 Å². The first-order valence-corrected chi connectivity index (χ1v) is 16.9. The van der Waals surface area contributed by atoms with Crippen LogP contribution in [0.4, 0.5) is 0 Å². The number of benzene rings is 5. The number of hydrogen-bond donors (Lipinski definition) is 1. The third-order valence-electron chi connectivity index (χ3n) is 9.56. The van der Waals surface area contributed by atoms with Crippen LogP contribution >= 0.6 is 0 Å². The van der Waals surface area contributed by atoms with E-state index in [0.29, 0.717) is 0 Å². The lowest BCUT2D eigenvalue weighted by molar-refractivity contribution is -0.571. The second kappa shape index (κ2) is 11.2. The van der Waals surface area contributed by atoms with Gasteiger partial charge < -0.3 is 5.11 Å². The smallest absolute Gasteiger partial charge is 0.269 e. The lowest BCUT2D eigenvalue weighted by Gasteiger charge is -2.27. The molecule has 8 rings (SSSR count). The molecule has 0 radical (unpaired) electrons. The van der Waals surface area contributed by atoms with Crippen molar-refractivity contribution in [1.82, 2.24) is 14.1 Å². The first-order valence-electron chi connectivity index (χ1n) is 16.9. The maximum Gasteiger partial charge on any atom is 0.269 e. The number of nitrogens with zero attached hydrogens (tertiary/aromatic N) is 4. The molecular weight excluding hydrogens is 601 g/mol. The number of phenolic OH excluding ortho intramolecular Hbond substituents is 1. The van der Waals surface area contributed by atoms with Gasteiger partial charge >= 0.3 is 0 Å². The van der Waals surface area contributed by atoms with Gasteiger partial charge in [0.2, 0.25) is 0 Å². The van der Waals surface area contributed by atoms with Crippen LogP contribution in [0.3, 0.4) is 0 Å². The molecule has 5 aromatic carbocycles. The number of imidazole rings is 1. The van der Waals surface area contributed by atoms with Crippen LogP contribution in [0.25, 0.3) is 61.2 Å². The van der Waals surface area contributed by atoms with Gasteiger partial charge in [-0.25, -0.2) is 4.98 Å². The zero-order valence-corrected chi connectivity index (χ0v) is 28.9. The van der Waals surface area contributed by atoms with E-state index in [9.17, 15) is 5.11 Å². The topological polar surface area (TPSA) is 46.9 Å². The Kier molecular flexibility index (Phi) is 7.00. The number of para-hydroxylation sites is 4. The lowest BCUT2D eigenvalue weighted by Crippen LogP contribution is -2.30. The highest BCUT2D eigenvalue weighted by Crippen LogP contribution is 2.40. The van der Waals surface area contributed by atoms with Crippen molar-refractivity contribution in [3.63, 3.8) is 0 Å². The Morgan fingerprint density at radius 1 is 0.673 bits per heavy atom. The third kappa shape index (κ3) is 5.08. The summed E-state index contributed by atoms with van der Waals surface area (Å²) in [7, 11) is 0. The highest BCUT2D eigenvalue weighted by Gasteiger charge is 2.27. The highest BCUT2D eigenvalue weighted by atomic mass is 16.3. The normalized spacial score (nSPS) is 12.4. The molecule has 3 aromatic heterocycles. The van der Waals surface area contributed by atoms with Gasteiger partial charge in [0, 0.05) is 22.7 Å². The molecule has 0 unspecified atom stereocenters. The van der Waals surface area contributed by atoms with Crippen molar-refractivity contribution < 1.29 is 9.67 Å². The monoisotopic (exact) mass is 640 g/mol. The minimum Gasteiger partial charge on any atom is -0.511 e. The maximum atomic E-state index is 11.9. The number of pyridine rings is 1. The van der Waals surface area contributed by atoms with Crippen molar-refractivity contribution in [1.29, 1.82) is 0 Å². The Balaban J connectivity index is 1.33.